The standard InChI is InChI=1S/C8H6ClN5OS/c9-7-6(3-13-14-8(7)15)16-5-2-12-11-1-4(5)10/h1-3H,(H2,10,12)(H,14,15). The van der Waals surface area contributed by atoms with Crippen LogP contribution in [0, 0.1) is 0 Å². The van der Waals surface area contributed by atoms with Crippen molar-refractivity contribution in [3.05, 3.63) is 34.0 Å². The molecule has 0 aliphatic carbocycles. The zero-order valence-electron chi connectivity index (χ0n) is 7.85. The van der Waals surface area contributed by atoms with Crippen LogP contribution >= 0.6 is 23.4 Å². The van der Waals surface area contributed by atoms with E-state index >= 15 is 0 Å². The normalized spacial score (nSPS) is 10.3. The third kappa shape index (κ3) is 2.15. The highest BCUT2D eigenvalue weighted by molar-refractivity contribution is 7.99. The highest BCUT2D eigenvalue weighted by Gasteiger charge is 2.09. The summed E-state index contributed by atoms with van der Waals surface area (Å²) in [6.45, 7) is 0. The Bertz CT molecular complexity index is 572. The number of nitrogen functional groups attached to an aromatic ring is 1. The van der Waals surface area contributed by atoms with E-state index in [9.17, 15) is 4.79 Å². The lowest BCUT2D eigenvalue weighted by molar-refractivity contribution is 0.955. The number of anilines is 1. The fourth-order valence-corrected chi connectivity index (χ4v) is 1.96. The van der Waals surface area contributed by atoms with Gasteiger partial charge in [0.05, 0.1) is 34.1 Å². The van der Waals surface area contributed by atoms with Gasteiger partial charge in [-0.05, 0) is 0 Å². The Balaban J connectivity index is 2.38. The van der Waals surface area contributed by atoms with E-state index in [4.69, 9.17) is 17.3 Å². The van der Waals surface area contributed by atoms with Gasteiger partial charge in [-0.25, -0.2) is 5.10 Å². The quantitative estimate of drug-likeness (QED) is 0.829. The van der Waals surface area contributed by atoms with E-state index in [1.54, 1.807) is 0 Å². The number of H-pyrrole nitrogens is 1. The number of nitrogens with two attached hydrogens (primary N) is 1. The Morgan fingerprint density at radius 3 is 2.75 bits per heavy atom. The average molecular weight is 256 g/mol. The summed E-state index contributed by atoms with van der Waals surface area (Å²) < 4.78 is 0. The molecule has 2 aromatic rings. The van der Waals surface area contributed by atoms with Gasteiger partial charge in [-0.2, -0.15) is 15.3 Å². The van der Waals surface area contributed by atoms with Gasteiger partial charge < -0.3 is 5.73 Å². The molecule has 2 aromatic heterocycles. The fourth-order valence-electron chi connectivity index (χ4n) is 0.962. The number of nitrogens with zero attached hydrogens (tertiary/aromatic N) is 3. The molecule has 0 radical (unpaired) electrons. The minimum absolute atomic E-state index is 0.0798. The fraction of sp³-hybridized carbons (Fsp3) is 0. The highest BCUT2D eigenvalue weighted by Crippen LogP contribution is 2.32. The molecule has 3 N–H and O–H groups in total. The molecule has 0 aliphatic rings. The maximum atomic E-state index is 11.2. The van der Waals surface area contributed by atoms with Crippen molar-refractivity contribution in [2.45, 2.75) is 9.79 Å². The molecule has 0 spiro atoms. The molecule has 16 heavy (non-hydrogen) atoms. The van der Waals surface area contributed by atoms with Crippen LogP contribution in [0.5, 0.6) is 0 Å². The molecule has 2 rings (SSSR count). The Morgan fingerprint density at radius 2 is 2.00 bits per heavy atom. The van der Waals surface area contributed by atoms with Gasteiger partial charge in [0.2, 0.25) is 0 Å². The second-order valence-electron chi connectivity index (χ2n) is 2.79. The van der Waals surface area contributed by atoms with Crippen LogP contribution in [0.25, 0.3) is 0 Å². The van der Waals surface area contributed by atoms with Crippen molar-refractivity contribution in [1.82, 2.24) is 20.4 Å². The van der Waals surface area contributed by atoms with Crippen molar-refractivity contribution in [1.29, 1.82) is 0 Å². The first-order valence-corrected chi connectivity index (χ1v) is 5.35. The van der Waals surface area contributed by atoms with Gasteiger partial charge in [-0.3, -0.25) is 4.79 Å². The zero-order valence-corrected chi connectivity index (χ0v) is 9.42. The molecule has 0 bridgehead atoms. The van der Waals surface area contributed by atoms with Gasteiger partial charge in [0.25, 0.3) is 5.56 Å². The Hall–Kier alpha value is -1.60. The molecule has 0 fully saturated rings. The first-order chi connectivity index (χ1) is 7.68. The summed E-state index contributed by atoms with van der Waals surface area (Å²) in [5, 5.41) is 13.3. The van der Waals surface area contributed by atoms with Crippen LogP contribution in [0.4, 0.5) is 5.69 Å². The van der Waals surface area contributed by atoms with Gasteiger partial charge >= 0.3 is 0 Å². The topological polar surface area (TPSA) is 97.5 Å². The van der Waals surface area contributed by atoms with E-state index in [1.165, 1.54) is 30.4 Å². The average Bonchev–Trinajstić information content (AvgIpc) is 2.28. The van der Waals surface area contributed by atoms with Crippen LogP contribution in [0.1, 0.15) is 0 Å². The lowest BCUT2D eigenvalue weighted by Gasteiger charge is -2.03. The molecule has 0 aromatic carbocycles. The summed E-state index contributed by atoms with van der Waals surface area (Å²) in [6, 6.07) is 0. The number of nitrogens with one attached hydrogen (secondary N) is 1. The largest absolute Gasteiger partial charge is 0.396 e. The van der Waals surface area contributed by atoms with E-state index < -0.39 is 5.56 Å². The van der Waals surface area contributed by atoms with Crippen LogP contribution < -0.4 is 11.3 Å². The highest BCUT2D eigenvalue weighted by atomic mass is 35.5. The van der Waals surface area contributed by atoms with Gasteiger partial charge in [0.1, 0.15) is 5.02 Å². The number of rotatable bonds is 2. The molecule has 0 saturated carbocycles. The van der Waals surface area contributed by atoms with E-state index in [0.717, 1.165) is 0 Å². The number of halogens is 1. The van der Waals surface area contributed by atoms with E-state index in [1.807, 2.05) is 0 Å². The predicted octanol–water partition coefficient (Wildman–Crippen LogP) is 0.947. The van der Waals surface area contributed by atoms with Crippen molar-refractivity contribution >= 4 is 29.1 Å². The first-order valence-electron chi connectivity index (χ1n) is 4.15. The van der Waals surface area contributed by atoms with Crippen LogP contribution in [-0.2, 0) is 0 Å². The molecule has 8 heteroatoms. The second-order valence-corrected chi connectivity index (χ2v) is 4.25. The van der Waals surface area contributed by atoms with Crippen molar-refractivity contribution in [2.75, 3.05) is 5.73 Å². The van der Waals surface area contributed by atoms with Crippen LogP contribution in [0.3, 0.4) is 0 Å². The van der Waals surface area contributed by atoms with Crippen LogP contribution in [0.15, 0.2) is 33.2 Å². The number of aromatic amines is 1. The van der Waals surface area contributed by atoms with Gasteiger partial charge in [-0.15, -0.1) is 0 Å². The van der Waals surface area contributed by atoms with Crippen molar-refractivity contribution in [3.8, 4) is 0 Å². The maximum absolute atomic E-state index is 11.2. The van der Waals surface area contributed by atoms with Crippen molar-refractivity contribution in [2.24, 2.45) is 0 Å². The molecular weight excluding hydrogens is 250 g/mol. The Morgan fingerprint density at radius 1 is 1.25 bits per heavy atom. The van der Waals surface area contributed by atoms with Gasteiger partial charge in [0, 0.05) is 0 Å². The molecular formula is C8H6ClN5OS. The van der Waals surface area contributed by atoms with Crippen LogP contribution in [0.2, 0.25) is 5.02 Å². The number of aromatic nitrogens is 4. The molecule has 82 valence electrons. The Labute approximate surface area is 99.2 Å². The smallest absolute Gasteiger partial charge is 0.284 e. The third-order valence-corrected chi connectivity index (χ3v) is 3.28. The zero-order chi connectivity index (χ0) is 11.5. The lowest BCUT2D eigenvalue weighted by Crippen LogP contribution is -2.08. The first kappa shape index (κ1) is 10.9. The molecule has 0 unspecified atom stereocenters. The molecule has 0 atom stereocenters. The summed E-state index contributed by atoms with van der Waals surface area (Å²) in [7, 11) is 0. The predicted molar refractivity (Wildman–Crippen MR) is 60.4 cm³/mol. The molecule has 0 aliphatic heterocycles. The van der Waals surface area contributed by atoms with Crippen molar-refractivity contribution < 1.29 is 0 Å². The number of hydrogen-bond donors (Lipinski definition) is 2. The van der Waals surface area contributed by atoms with Gasteiger partial charge in [-0.1, -0.05) is 23.4 Å². The summed E-state index contributed by atoms with van der Waals surface area (Å²) in [5.74, 6) is 0. The van der Waals surface area contributed by atoms with Crippen molar-refractivity contribution in [3.63, 3.8) is 0 Å². The minimum Gasteiger partial charge on any atom is -0.396 e. The Kier molecular flexibility index (Phi) is 3.07. The van der Waals surface area contributed by atoms with E-state index in [2.05, 4.69) is 20.4 Å². The number of hydrogen-bond acceptors (Lipinski definition) is 6. The lowest BCUT2D eigenvalue weighted by atomic mass is 10.5. The maximum Gasteiger partial charge on any atom is 0.284 e. The minimum atomic E-state index is -0.438. The van der Waals surface area contributed by atoms with E-state index in [0.29, 0.717) is 15.5 Å². The molecule has 2 heterocycles. The third-order valence-electron chi connectivity index (χ3n) is 1.71. The van der Waals surface area contributed by atoms with E-state index in [-0.39, 0.29) is 5.02 Å². The second kappa shape index (κ2) is 4.50. The molecule has 0 saturated heterocycles. The summed E-state index contributed by atoms with van der Waals surface area (Å²) in [6.07, 6.45) is 4.38. The summed E-state index contributed by atoms with van der Waals surface area (Å²) in [4.78, 5) is 12.4. The molecule has 6 nitrogen and oxygen atoms in total. The summed E-state index contributed by atoms with van der Waals surface area (Å²) >= 11 is 7.03. The SMILES string of the molecule is Nc1cnncc1Sc1cn[nH]c(=O)c1Cl. The molecule has 0 amide bonds. The van der Waals surface area contributed by atoms with Crippen LogP contribution in [-0.4, -0.2) is 20.4 Å². The summed E-state index contributed by atoms with van der Waals surface area (Å²) in [5.41, 5.74) is 5.71. The monoisotopic (exact) mass is 255 g/mol. The van der Waals surface area contributed by atoms with Gasteiger partial charge in [0.15, 0.2) is 0 Å².